The van der Waals surface area contributed by atoms with Gasteiger partial charge in [-0.25, -0.2) is 0 Å². The standard InChI is InChI=1S/C11H10ClN5O3/c1-20-11-15-9(12)14-10(16-11)13-6-7-4-2-3-5-8(7)17(18)19/h2-5H,6H2,1H3,(H,13,14,15,16). The zero-order chi connectivity index (χ0) is 14.5. The maximum Gasteiger partial charge on any atom is 0.322 e. The van der Waals surface area contributed by atoms with Crippen LogP contribution in [0.1, 0.15) is 5.56 Å². The van der Waals surface area contributed by atoms with E-state index in [-0.39, 0.29) is 29.5 Å². The van der Waals surface area contributed by atoms with Crippen molar-refractivity contribution in [3.8, 4) is 6.01 Å². The van der Waals surface area contributed by atoms with Gasteiger partial charge in [0.05, 0.1) is 12.0 Å². The van der Waals surface area contributed by atoms with Crippen molar-refractivity contribution in [1.29, 1.82) is 0 Å². The van der Waals surface area contributed by atoms with Crippen molar-refractivity contribution >= 4 is 23.2 Å². The summed E-state index contributed by atoms with van der Waals surface area (Å²) in [5, 5.41) is 13.7. The van der Waals surface area contributed by atoms with Crippen molar-refractivity contribution in [2.45, 2.75) is 6.54 Å². The molecule has 8 nitrogen and oxygen atoms in total. The van der Waals surface area contributed by atoms with Gasteiger partial charge in [0.1, 0.15) is 0 Å². The first-order chi connectivity index (χ1) is 9.60. The molecule has 0 fully saturated rings. The topological polar surface area (TPSA) is 103 Å². The number of nitro groups is 1. The predicted molar refractivity (Wildman–Crippen MR) is 71.8 cm³/mol. The molecule has 9 heteroatoms. The zero-order valence-corrected chi connectivity index (χ0v) is 11.2. The second-order valence-corrected chi connectivity index (χ2v) is 3.99. The number of aromatic nitrogens is 3. The summed E-state index contributed by atoms with van der Waals surface area (Å²) in [5.41, 5.74) is 0.528. The predicted octanol–water partition coefficient (Wildman–Crippen LogP) is 2.05. The van der Waals surface area contributed by atoms with E-state index in [2.05, 4.69) is 20.3 Å². The Balaban J connectivity index is 2.17. The van der Waals surface area contributed by atoms with Crippen LogP contribution in [0.2, 0.25) is 5.28 Å². The normalized spacial score (nSPS) is 10.1. The molecule has 1 aromatic carbocycles. The summed E-state index contributed by atoms with van der Waals surface area (Å²) in [6, 6.07) is 6.45. The molecule has 104 valence electrons. The van der Waals surface area contributed by atoms with Gasteiger partial charge < -0.3 is 10.1 Å². The van der Waals surface area contributed by atoms with Crippen molar-refractivity contribution in [1.82, 2.24) is 15.0 Å². The number of ether oxygens (including phenoxy) is 1. The van der Waals surface area contributed by atoms with E-state index in [9.17, 15) is 10.1 Å². The lowest BCUT2D eigenvalue weighted by atomic mass is 10.2. The third-order valence-electron chi connectivity index (χ3n) is 2.40. The number of hydrogen-bond donors (Lipinski definition) is 1. The first-order valence-electron chi connectivity index (χ1n) is 5.52. The van der Waals surface area contributed by atoms with Gasteiger partial charge >= 0.3 is 6.01 Å². The van der Waals surface area contributed by atoms with Gasteiger partial charge in [-0.3, -0.25) is 10.1 Å². The van der Waals surface area contributed by atoms with Gasteiger partial charge in [-0.15, -0.1) is 0 Å². The summed E-state index contributed by atoms with van der Waals surface area (Å²) < 4.78 is 4.85. The SMILES string of the molecule is COc1nc(Cl)nc(NCc2ccccc2[N+](=O)[O-])n1. The molecule has 0 radical (unpaired) electrons. The van der Waals surface area contributed by atoms with E-state index in [1.807, 2.05) is 0 Å². The number of halogens is 1. The molecule has 20 heavy (non-hydrogen) atoms. The zero-order valence-electron chi connectivity index (χ0n) is 10.4. The molecule has 0 saturated carbocycles. The number of para-hydroxylation sites is 1. The van der Waals surface area contributed by atoms with E-state index >= 15 is 0 Å². The van der Waals surface area contributed by atoms with Crippen LogP contribution < -0.4 is 10.1 Å². The Morgan fingerprint density at radius 1 is 1.35 bits per heavy atom. The number of nitro benzene ring substituents is 1. The second-order valence-electron chi connectivity index (χ2n) is 3.65. The summed E-state index contributed by atoms with van der Waals surface area (Å²) in [7, 11) is 1.40. The summed E-state index contributed by atoms with van der Waals surface area (Å²) in [5.74, 6) is 0.181. The Kier molecular flexibility index (Phi) is 4.26. The van der Waals surface area contributed by atoms with Crippen molar-refractivity contribution in [3.63, 3.8) is 0 Å². The molecule has 1 N–H and O–H groups in total. The number of benzene rings is 1. The molecular formula is C11H10ClN5O3. The fraction of sp³-hybridized carbons (Fsp3) is 0.182. The molecule has 0 aliphatic rings. The number of hydrogen-bond acceptors (Lipinski definition) is 7. The van der Waals surface area contributed by atoms with Gasteiger partial charge in [-0.1, -0.05) is 18.2 Å². The van der Waals surface area contributed by atoms with Crippen LogP contribution in [-0.4, -0.2) is 27.0 Å². The average Bonchev–Trinajstić information content (AvgIpc) is 2.44. The van der Waals surface area contributed by atoms with Crippen LogP contribution in [0.15, 0.2) is 24.3 Å². The molecule has 0 aliphatic carbocycles. The molecule has 0 amide bonds. The molecule has 0 spiro atoms. The average molecular weight is 296 g/mol. The van der Waals surface area contributed by atoms with Crippen LogP contribution in [0, 0.1) is 10.1 Å². The van der Waals surface area contributed by atoms with E-state index in [1.54, 1.807) is 18.2 Å². The molecule has 2 rings (SSSR count). The highest BCUT2D eigenvalue weighted by atomic mass is 35.5. The molecule has 1 aromatic heterocycles. The Bertz CT molecular complexity index is 637. The Hall–Kier alpha value is -2.48. The van der Waals surface area contributed by atoms with Gasteiger partial charge in [0.2, 0.25) is 11.2 Å². The summed E-state index contributed by atoms with van der Waals surface area (Å²) >= 11 is 5.70. The minimum Gasteiger partial charge on any atom is -0.467 e. The van der Waals surface area contributed by atoms with E-state index in [0.717, 1.165) is 0 Å². The first-order valence-corrected chi connectivity index (χ1v) is 5.89. The van der Waals surface area contributed by atoms with Crippen molar-refractivity contribution in [2.24, 2.45) is 0 Å². The van der Waals surface area contributed by atoms with E-state index in [1.165, 1.54) is 13.2 Å². The number of methoxy groups -OCH3 is 1. The van der Waals surface area contributed by atoms with Crippen LogP contribution in [-0.2, 0) is 6.54 Å². The molecular weight excluding hydrogens is 286 g/mol. The van der Waals surface area contributed by atoms with E-state index < -0.39 is 4.92 Å². The summed E-state index contributed by atoms with van der Waals surface area (Å²) in [4.78, 5) is 21.9. The lowest BCUT2D eigenvalue weighted by Crippen LogP contribution is -2.07. The van der Waals surface area contributed by atoms with Gasteiger partial charge in [0.25, 0.3) is 5.69 Å². The largest absolute Gasteiger partial charge is 0.467 e. The second kappa shape index (κ2) is 6.11. The Morgan fingerprint density at radius 2 is 2.10 bits per heavy atom. The number of nitrogens with zero attached hydrogens (tertiary/aromatic N) is 4. The number of anilines is 1. The van der Waals surface area contributed by atoms with Gasteiger partial charge in [-0.05, 0) is 11.6 Å². The highest BCUT2D eigenvalue weighted by molar-refractivity contribution is 6.28. The number of rotatable bonds is 5. The van der Waals surface area contributed by atoms with Crippen LogP contribution in [0.25, 0.3) is 0 Å². The van der Waals surface area contributed by atoms with Crippen molar-refractivity contribution in [2.75, 3.05) is 12.4 Å². The summed E-state index contributed by atoms with van der Waals surface area (Å²) in [6.07, 6.45) is 0. The van der Waals surface area contributed by atoms with Crippen LogP contribution in [0.4, 0.5) is 11.6 Å². The molecule has 1 heterocycles. The monoisotopic (exact) mass is 295 g/mol. The molecule has 0 saturated heterocycles. The molecule has 2 aromatic rings. The van der Waals surface area contributed by atoms with Gasteiger partial charge in [-0.2, -0.15) is 15.0 Å². The molecule has 0 atom stereocenters. The molecule has 0 unspecified atom stereocenters. The molecule has 0 aliphatic heterocycles. The van der Waals surface area contributed by atoms with Crippen molar-refractivity contribution in [3.05, 3.63) is 45.2 Å². The van der Waals surface area contributed by atoms with E-state index in [0.29, 0.717) is 5.56 Å². The maximum atomic E-state index is 10.9. The fourth-order valence-corrected chi connectivity index (χ4v) is 1.67. The fourth-order valence-electron chi connectivity index (χ4n) is 1.51. The quantitative estimate of drug-likeness (QED) is 0.665. The number of nitrogens with one attached hydrogen (secondary N) is 1. The lowest BCUT2D eigenvalue weighted by molar-refractivity contribution is -0.385. The smallest absolute Gasteiger partial charge is 0.322 e. The maximum absolute atomic E-state index is 10.9. The van der Waals surface area contributed by atoms with Gasteiger partial charge in [0.15, 0.2) is 0 Å². The van der Waals surface area contributed by atoms with Gasteiger partial charge in [0, 0.05) is 18.2 Å². The first kappa shape index (κ1) is 13.9. The van der Waals surface area contributed by atoms with Crippen LogP contribution >= 0.6 is 11.6 Å². The highest BCUT2D eigenvalue weighted by Gasteiger charge is 2.12. The van der Waals surface area contributed by atoms with E-state index in [4.69, 9.17) is 16.3 Å². The summed E-state index contributed by atoms with van der Waals surface area (Å²) in [6.45, 7) is 0.181. The van der Waals surface area contributed by atoms with Crippen molar-refractivity contribution < 1.29 is 9.66 Å². The third-order valence-corrected chi connectivity index (χ3v) is 2.56. The third kappa shape index (κ3) is 3.29. The Morgan fingerprint density at radius 3 is 2.80 bits per heavy atom. The highest BCUT2D eigenvalue weighted by Crippen LogP contribution is 2.19. The van der Waals surface area contributed by atoms with Crippen LogP contribution in [0.3, 0.4) is 0 Å². The minimum absolute atomic E-state index is 0.0205. The Labute approximate surface area is 118 Å². The molecule has 0 bridgehead atoms. The lowest BCUT2D eigenvalue weighted by Gasteiger charge is -2.06. The minimum atomic E-state index is -0.446. The van der Waals surface area contributed by atoms with Crippen LogP contribution in [0.5, 0.6) is 6.01 Å².